The molecule has 0 radical (unpaired) electrons. The Kier molecular flexibility index (Phi) is 7.02. The number of anilines is 1. The molecule has 2 aromatic rings. The third kappa shape index (κ3) is 4.84. The van der Waals surface area contributed by atoms with Crippen molar-refractivity contribution in [3.63, 3.8) is 0 Å². The molecule has 0 aliphatic carbocycles. The molecule has 0 bridgehead atoms. The highest BCUT2D eigenvalue weighted by Gasteiger charge is 2.27. The van der Waals surface area contributed by atoms with Crippen LogP contribution >= 0.6 is 0 Å². The zero-order valence-corrected chi connectivity index (χ0v) is 17.7. The molecule has 3 rings (SSSR count). The van der Waals surface area contributed by atoms with Gasteiger partial charge in [-0.25, -0.2) is 9.59 Å². The number of rotatable bonds is 6. The first kappa shape index (κ1) is 22.3. The summed E-state index contributed by atoms with van der Waals surface area (Å²) in [6.07, 6.45) is 7.90. The van der Waals surface area contributed by atoms with E-state index in [-0.39, 0.29) is 22.9 Å². The topological polar surface area (TPSA) is 107 Å². The van der Waals surface area contributed by atoms with E-state index in [1.165, 1.54) is 44.5 Å². The normalized spacial score (nSPS) is 12.8. The summed E-state index contributed by atoms with van der Waals surface area (Å²) < 4.78 is 15.5. The number of nitrogens with one attached hydrogen (secondary N) is 1. The molecule has 1 aromatic carbocycles. The number of esters is 2. The van der Waals surface area contributed by atoms with E-state index in [0.29, 0.717) is 17.2 Å². The van der Waals surface area contributed by atoms with Crippen LogP contribution in [0.15, 0.2) is 78.3 Å². The van der Waals surface area contributed by atoms with E-state index >= 15 is 0 Å². The molecular formula is C23H21N3O6. The van der Waals surface area contributed by atoms with E-state index in [2.05, 4.69) is 10.3 Å². The molecule has 0 unspecified atom stereocenters. The number of benzene rings is 1. The lowest BCUT2D eigenvalue weighted by atomic mass is 10.1. The van der Waals surface area contributed by atoms with E-state index < -0.39 is 11.9 Å². The molecule has 2 heterocycles. The van der Waals surface area contributed by atoms with Crippen LogP contribution in [0.25, 0.3) is 0 Å². The van der Waals surface area contributed by atoms with Crippen molar-refractivity contribution in [2.45, 2.75) is 0 Å². The van der Waals surface area contributed by atoms with E-state index in [0.717, 1.165) is 0 Å². The van der Waals surface area contributed by atoms with Gasteiger partial charge in [0.1, 0.15) is 22.9 Å². The Hall–Kier alpha value is -4.40. The van der Waals surface area contributed by atoms with Crippen molar-refractivity contribution in [2.75, 3.05) is 26.2 Å². The number of hydrogen-bond acceptors (Lipinski definition) is 8. The Morgan fingerprint density at radius 2 is 1.66 bits per heavy atom. The third-order valence-electron chi connectivity index (χ3n) is 4.43. The van der Waals surface area contributed by atoms with E-state index in [4.69, 9.17) is 14.2 Å². The van der Waals surface area contributed by atoms with Crippen LogP contribution in [-0.2, 0) is 19.1 Å². The van der Waals surface area contributed by atoms with Crippen LogP contribution < -0.4 is 15.0 Å². The van der Waals surface area contributed by atoms with E-state index in [1.807, 2.05) is 0 Å². The number of pyridine rings is 1. The molecule has 1 N–H and O–H groups in total. The maximum atomic E-state index is 12.5. The molecule has 0 fully saturated rings. The maximum absolute atomic E-state index is 12.5. The lowest BCUT2D eigenvalue weighted by molar-refractivity contribution is -0.139. The Bertz CT molecular complexity index is 1120. The van der Waals surface area contributed by atoms with Gasteiger partial charge in [0.05, 0.1) is 19.8 Å². The average Bonchev–Trinajstić information content (AvgIpc) is 3.06. The molecular weight excluding hydrogens is 414 g/mol. The van der Waals surface area contributed by atoms with Crippen LogP contribution in [0.1, 0.15) is 10.5 Å². The fourth-order valence-electron chi connectivity index (χ4n) is 2.90. The zero-order chi connectivity index (χ0) is 23.1. The van der Waals surface area contributed by atoms with Gasteiger partial charge in [0, 0.05) is 31.2 Å². The Morgan fingerprint density at radius 1 is 0.938 bits per heavy atom. The summed E-state index contributed by atoms with van der Waals surface area (Å²) in [5.74, 6) is -0.749. The van der Waals surface area contributed by atoms with E-state index in [1.54, 1.807) is 48.7 Å². The Morgan fingerprint density at radius 3 is 2.31 bits per heavy atom. The minimum atomic E-state index is -0.694. The number of aromatic nitrogens is 1. The van der Waals surface area contributed by atoms with Crippen molar-refractivity contribution in [1.82, 2.24) is 10.3 Å². The molecule has 1 aromatic heterocycles. The first-order chi connectivity index (χ1) is 15.5. The summed E-state index contributed by atoms with van der Waals surface area (Å²) in [4.78, 5) is 42.0. The third-order valence-corrected chi connectivity index (χ3v) is 4.43. The quantitative estimate of drug-likeness (QED) is 0.691. The van der Waals surface area contributed by atoms with Gasteiger partial charge in [0.15, 0.2) is 0 Å². The minimum absolute atomic E-state index is 0.0161. The van der Waals surface area contributed by atoms with Gasteiger partial charge in [-0.15, -0.1) is 0 Å². The highest BCUT2D eigenvalue weighted by atomic mass is 16.5. The fraction of sp³-hybridized carbons (Fsp3) is 0.130. The molecule has 0 spiro atoms. The zero-order valence-electron chi connectivity index (χ0n) is 17.7. The number of carbonyl (C=O) groups is 3. The Labute approximate surface area is 184 Å². The molecule has 1 aliphatic rings. The summed E-state index contributed by atoms with van der Waals surface area (Å²) in [5, 5.41) is 2.51. The first-order valence-corrected chi connectivity index (χ1v) is 9.49. The highest BCUT2D eigenvalue weighted by molar-refractivity contribution is 6.05. The van der Waals surface area contributed by atoms with Gasteiger partial charge in [-0.1, -0.05) is 6.08 Å². The molecule has 0 atom stereocenters. The van der Waals surface area contributed by atoms with Gasteiger partial charge < -0.3 is 24.4 Å². The SMILES string of the molecule is CNC(=O)c1cc(Oc2ccc(N3C=CC=CC(C(=O)OC)=C3C(=O)OC)cc2)ccn1. The number of amides is 1. The maximum Gasteiger partial charge on any atom is 0.355 e. The molecule has 9 nitrogen and oxygen atoms in total. The number of ether oxygens (including phenoxy) is 3. The van der Waals surface area contributed by atoms with Gasteiger partial charge in [0.2, 0.25) is 0 Å². The second-order valence-corrected chi connectivity index (χ2v) is 6.37. The monoisotopic (exact) mass is 435 g/mol. The van der Waals surface area contributed by atoms with Gasteiger partial charge >= 0.3 is 11.9 Å². The van der Waals surface area contributed by atoms with Crippen LogP contribution in [0.2, 0.25) is 0 Å². The van der Waals surface area contributed by atoms with Crippen LogP contribution in [-0.4, -0.2) is 44.1 Å². The number of nitrogens with zero attached hydrogens (tertiary/aromatic N) is 2. The number of carbonyl (C=O) groups excluding carboxylic acids is 3. The van der Waals surface area contributed by atoms with Crippen molar-refractivity contribution >= 4 is 23.5 Å². The van der Waals surface area contributed by atoms with Crippen LogP contribution in [0.5, 0.6) is 11.5 Å². The van der Waals surface area contributed by atoms with E-state index in [9.17, 15) is 14.4 Å². The number of hydrogen-bond donors (Lipinski definition) is 1. The number of methoxy groups -OCH3 is 2. The number of allylic oxidation sites excluding steroid dienone is 2. The summed E-state index contributed by atoms with van der Waals surface area (Å²) in [6, 6.07) is 9.96. The molecule has 32 heavy (non-hydrogen) atoms. The lowest BCUT2D eigenvalue weighted by Crippen LogP contribution is -2.26. The summed E-state index contributed by atoms with van der Waals surface area (Å²) >= 11 is 0. The van der Waals surface area contributed by atoms with Crippen LogP contribution in [0, 0.1) is 0 Å². The lowest BCUT2D eigenvalue weighted by Gasteiger charge is -2.23. The fourth-order valence-corrected chi connectivity index (χ4v) is 2.90. The molecule has 0 saturated heterocycles. The predicted molar refractivity (Wildman–Crippen MR) is 116 cm³/mol. The van der Waals surface area contributed by atoms with Crippen molar-refractivity contribution in [3.8, 4) is 11.5 Å². The van der Waals surface area contributed by atoms with Crippen LogP contribution in [0.4, 0.5) is 5.69 Å². The first-order valence-electron chi connectivity index (χ1n) is 9.49. The smallest absolute Gasteiger partial charge is 0.355 e. The molecule has 0 saturated carbocycles. The van der Waals surface area contributed by atoms with Crippen LogP contribution in [0.3, 0.4) is 0 Å². The largest absolute Gasteiger partial charge is 0.465 e. The minimum Gasteiger partial charge on any atom is -0.465 e. The standard InChI is InChI=1S/C23H21N3O6/c1-24-21(27)19-14-17(11-12-25-19)32-16-9-7-15(8-10-16)26-13-5-4-6-18(22(28)30-2)20(26)23(29)31-3/h4-14H,1-3H3,(H,24,27). The summed E-state index contributed by atoms with van der Waals surface area (Å²) in [6.45, 7) is 0. The summed E-state index contributed by atoms with van der Waals surface area (Å²) in [5.41, 5.74) is 0.887. The molecule has 1 aliphatic heterocycles. The second kappa shape index (κ2) is 10.1. The predicted octanol–water partition coefficient (Wildman–Crippen LogP) is 2.72. The second-order valence-electron chi connectivity index (χ2n) is 6.37. The summed E-state index contributed by atoms with van der Waals surface area (Å²) in [7, 11) is 3.99. The average molecular weight is 435 g/mol. The van der Waals surface area contributed by atoms with Crippen molar-refractivity contribution < 1.29 is 28.6 Å². The van der Waals surface area contributed by atoms with Gasteiger partial charge in [-0.05, 0) is 42.5 Å². The Balaban J connectivity index is 1.91. The molecule has 1 amide bonds. The van der Waals surface area contributed by atoms with Gasteiger partial charge in [0.25, 0.3) is 5.91 Å². The van der Waals surface area contributed by atoms with Gasteiger partial charge in [-0.3, -0.25) is 9.78 Å². The van der Waals surface area contributed by atoms with Crippen molar-refractivity contribution in [2.24, 2.45) is 0 Å². The molecule has 9 heteroatoms. The van der Waals surface area contributed by atoms with Gasteiger partial charge in [-0.2, -0.15) is 0 Å². The molecule has 164 valence electrons. The van der Waals surface area contributed by atoms with Crippen molar-refractivity contribution in [3.05, 3.63) is 84.0 Å². The highest BCUT2D eigenvalue weighted by Crippen LogP contribution is 2.29. The van der Waals surface area contributed by atoms with Crippen molar-refractivity contribution in [1.29, 1.82) is 0 Å².